The zero-order valence-corrected chi connectivity index (χ0v) is 63.5. The van der Waals surface area contributed by atoms with Crippen molar-refractivity contribution < 1.29 is 48.9 Å². The summed E-state index contributed by atoms with van der Waals surface area (Å²) in [6.45, 7) is 22.7. The molecule has 1 fully saturated rings. The van der Waals surface area contributed by atoms with Gasteiger partial charge < -0.3 is 48.7 Å². The maximum absolute atomic E-state index is 11.5. The molecule has 13 rings (SSSR count). The van der Waals surface area contributed by atoms with Gasteiger partial charge in [-0.3, -0.25) is 19.2 Å². The summed E-state index contributed by atoms with van der Waals surface area (Å²) in [6.07, 6.45) is 32.7. The van der Waals surface area contributed by atoms with Gasteiger partial charge in [0.1, 0.15) is 35.1 Å². The number of aliphatic carboxylic acids is 2. The minimum Gasteiger partial charge on any atom is -0.481 e. The van der Waals surface area contributed by atoms with Crippen molar-refractivity contribution in [2.75, 3.05) is 13.2 Å². The van der Waals surface area contributed by atoms with Gasteiger partial charge in [-0.2, -0.15) is 0 Å². The Bertz CT molecular complexity index is 5220. The lowest BCUT2D eigenvalue weighted by atomic mass is 9.75. The number of aldehydes is 2. The average Bonchev–Trinajstić information content (AvgIpc) is 1.64. The predicted octanol–water partition coefficient (Wildman–Crippen LogP) is 17.5. The van der Waals surface area contributed by atoms with E-state index in [0.717, 1.165) is 112 Å². The topological polar surface area (TPSA) is 246 Å². The molecule has 0 saturated carbocycles. The Morgan fingerprint density at radius 2 is 0.916 bits per heavy atom. The number of nitrogens with zero attached hydrogens (tertiary/aromatic N) is 6. The number of hydrogen-bond acceptors (Lipinski definition) is 12. The highest BCUT2D eigenvalue weighted by Crippen LogP contribution is 2.37. The minimum absolute atomic E-state index is 0. The lowest BCUT2D eigenvalue weighted by molar-refractivity contribution is -0.150. The molecular formula is C88H95BBrN7O10. The second kappa shape index (κ2) is 36.0. The second-order valence-corrected chi connectivity index (χ2v) is 28.9. The number of pyridine rings is 3. The molecule has 0 unspecified atom stereocenters. The number of hydrogen-bond donors (Lipinski definition) is 5. The van der Waals surface area contributed by atoms with E-state index in [9.17, 15) is 29.4 Å². The van der Waals surface area contributed by atoms with Crippen LogP contribution < -0.4 is 11.2 Å². The Balaban J connectivity index is 0.000000181. The zero-order valence-electron chi connectivity index (χ0n) is 62.0. The number of carboxylic acids is 2. The van der Waals surface area contributed by atoms with Crippen LogP contribution in [0.2, 0.25) is 0 Å². The largest absolute Gasteiger partial charge is 0.495 e. The standard InChI is InChI=1S/C29H30N2O3.C24H20N2O.C23H27BO3.C7H5BrN2.C4H9NO3.CH4/c1-20-7-8-22(13-14-29(3,19-32)28(33)34)17-24(20)10-9-23-5-4-6-26(21(23)2)25-11-12-27-30-15-16-31(27)18-25;1-17-6-7-19(16-27)14-21(17)9-8-20-4-3-5-23(18(20)2)22-10-11-24-25-12-13-26(24)15-22;1-16-10-11-18(15-25)14-20(16)13-12-19-8-7-9-21(17(19)2)24-26-22(3,4)23(5,6)27-24;8-6-1-2-7-9-3-4-10(7)5-6;1-4(5,2-6)3(7)8;/h4-12,15-18,32H,13-14,19H2,1-3H3,(H,33,34);3-16H,1-2H3;7-15H,1-6H3;1-5H;6H,2,5H2,1H3,(H,7,8);1H4/b10-9+;9-8+;13-12+;;;/t29-;;;;4-;/m0...0./s1. The first-order chi connectivity index (χ1) is 50.5. The normalized spacial score (nSPS) is 14.0. The highest BCUT2D eigenvalue weighted by Gasteiger charge is 2.52. The van der Waals surface area contributed by atoms with Gasteiger partial charge in [0.2, 0.25) is 0 Å². The van der Waals surface area contributed by atoms with Crippen molar-refractivity contribution in [1.82, 2.24) is 28.2 Å². The SMILES string of the molecule is Brc1ccc2nccn2c1.C.C[C@](N)(CO)C(=O)O.Cc1ccc(C=O)cc1/C=C/c1cccc(-c2ccc3nccn3c2)c1C.Cc1ccc(C=O)cc1/C=C/c1cccc(B2OC(C)(C)C(C)(C)O2)c1C.Cc1ccc(CC[C@@](C)(CO)C(=O)O)cc1/C=C/c1cccc(-c2ccc3nccn3c2)c1C. The fourth-order valence-corrected chi connectivity index (χ4v) is 11.9. The molecule has 7 heterocycles. The summed E-state index contributed by atoms with van der Waals surface area (Å²) >= 11 is 3.37. The van der Waals surface area contributed by atoms with Crippen LogP contribution in [0.4, 0.5) is 0 Å². The second-order valence-electron chi connectivity index (χ2n) is 28.0. The number of aliphatic hydroxyl groups excluding tert-OH is 2. The van der Waals surface area contributed by atoms with Gasteiger partial charge >= 0.3 is 19.1 Å². The number of aromatic nitrogens is 6. The number of nitrogens with two attached hydrogens (primary N) is 1. The fourth-order valence-electron chi connectivity index (χ4n) is 11.6. The quantitative estimate of drug-likeness (QED) is 0.0305. The molecule has 6 aromatic carbocycles. The lowest BCUT2D eigenvalue weighted by Gasteiger charge is -2.32. The summed E-state index contributed by atoms with van der Waals surface area (Å²) in [5, 5.41) is 35.3. The Kier molecular flexibility index (Phi) is 27.6. The number of carboxylic acid groups (broad SMARTS) is 2. The molecule has 0 radical (unpaired) electrons. The number of carbonyl (C=O) groups excluding carboxylic acids is 2. The van der Waals surface area contributed by atoms with Gasteiger partial charge in [0.15, 0.2) is 0 Å². The molecule has 1 aliphatic rings. The third kappa shape index (κ3) is 20.4. The van der Waals surface area contributed by atoms with Gasteiger partial charge in [0.05, 0.1) is 29.8 Å². The van der Waals surface area contributed by atoms with Crippen LogP contribution in [0.25, 0.3) is 75.7 Å². The molecule has 0 spiro atoms. The summed E-state index contributed by atoms with van der Waals surface area (Å²) in [7, 11) is -0.372. The number of carbonyl (C=O) groups is 4. The van der Waals surface area contributed by atoms with Gasteiger partial charge in [0.25, 0.3) is 0 Å². The van der Waals surface area contributed by atoms with Gasteiger partial charge in [-0.25, -0.2) is 15.0 Å². The van der Waals surface area contributed by atoms with E-state index in [1.807, 2.05) is 118 Å². The van der Waals surface area contributed by atoms with Crippen molar-refractivity contribution in [3.8, 4) is 22.3 Å². The molecule has 0 aliphatic carbocycles. The van der Waals surface area contributed by atoms with Crippen molar-refractivity contribution >= 4 is 106 Å². The van der Waals surface area contributed by atoms with E-state index in [0.29, 0.717) is 24.0 Å². The number of benzene rings is 6. The molecule has 6 aromatic heterocycles. The van der Waals surface area contributed by atoms with Crippen LogP contribution in [-0.4, -0.2) is 110 Å². The molecule has 1 aliphatic heterocycles. The molecule has 17 nitrogen and oxygen atoms in total. The van der Waals surface area contributed by atoms with Crippen molar-refractivity contribution in [2.24, 2.45) is 11.1 Å². The smallest absolute Gasteiger partial charge is 0.481 e. The molecule has 552 valence electrons. The van der Waals surface area contributed by atoms with E-state index in [2.05, 4.69) is 215 Å². The van der Waals surface area contributed by atoms with Gasteiger partial charge in [-0.1, -0.05) is 141 Å². The third-order valence-corrected chi connectivity index (χ3v) is 20.1. The highest BCUT2D eigenvalue weighted by molar-refractivity contribution is 9.10. The Hall–Kier alpha value is -10.8. The summed E-state index contributed by atoms with van der Waals surface area (Å²) in [6, 6.07) is 48.7. The van der Waals surface area contributed by atoms with E-state index in [4.69, 9.17) is 25.3 Å². The third-order valence-electron chi connectivity index (χ3n) is 19.6. The first-order valence-electron chi connectivity index (χ1n) is 34.8. The summed E-state index contributed by atoms with van der Waals surface area (Å²) < 4.78 is 19.5. The molecule has 0 amide bonds. The summed E-state index contributed by atoms with van der Waals surface area (Å²) in [5.41, 5.74) is 26.3. The summed E-state index contributed by atoms with van der Waals surface area (Å²) in [5.74, 6) is -2.16. The maximum Gasteiger partial charge on any atom is 0.495 e. The fraction of sp³-hybridized carbons (Fsp3) is 0.239. The van der Waals surface area contributed by atoms with Crippen LogP contribution in [-0.2, 0) is 25.3 Å². The Morgan fingerprint density at radius 1 is 0.514 bits per heavy atom. The molecule has 6 N–H and O–H groups in total. The average molecular weight is 1500 g/mol. The minimum atomic E-state index is -1.49. The number of halogens is 1. The van der Waals surface area contributed by atoms with E-state index >= 15 is 0 Å². The van der Waals surface area contributed by atoms with Crippen molar-refractivity contribution in [3.05, 3.63) is 289 Å². The Labute approximate surface area is 635 Å². The van der Waals surface area contributed by atoms with Crippen LogP contribution >= 0.6 is 15.9 Å². The lowest BCUT2D eigenvalue weighted by Crippen LogP contribution is -2.48. The van der Waals surface area contributed by atoms with E-state index < -0.39 is 29.5 Å². The zero-order chi connectivity index (χ0) is 76.7. The predicted molar refractivity (Wildman–Crippen MR) is 437 cm³/mol. The van der Waals surface area contributed by atoms with Crippen LogP contribution in [0.3, 0.4) is 0 Å². The van der Waals surface area contributed by atoms with Crippen LogP contribution in [0, 0.1) is 47.0 Å². The number of imidazole rings is 3. The van der Waals surface area contributed by atoms with Gasteiger partial charge in [-0.05, 0) is 260 Å². The van der Waals surface area contributed by atoms with Gasteiger partial charge in [0, 0.05) is 71.4 Å². The van der Waals surface area contributed by atoms with Crippen LogP contribution in [0.15, 0.2) is 206 Å². The van der Waals surface area contributed by atoms with Crippen molar-refractivity contribution in [2.45, 2.75) is 120 Å². The Morgan fingerprint density at radius 3 is 1.33 bits per heavy atom. The first-order valence-corrected chi connectivity index (χ1v) is 35.6. The van der Waals surface area contributed by atoms with Crippen molar-refractivity contribution in [1.29, 1.82) is 0 Å². The number of aliphatic hydroxyl groups is 2. The summed E-state index contributed by atoms with van der Waals surface area (Å²) in [4.78, 5) is 56.3. The molecule has 0 bridgehead atoms. The molecule has 12 aromatic rings. The van der Waals surface area contributed by atoms with E-state index in [-0.39, 0.29) is 32.4 Å². The molecule has 19 heteroatoms. The maximum atomic E-state index is 11.5. The molecule has 107 heavy (non-hydrogen) atoms. The van der Waals surface area contributed by atoms with Crippen LogP contribution in [0.1, 0.15) is 148 Å². The van der Waals surface area contributed by atoms with Crippen molar-refractivity contribution in [3.63, 3.8) is 0 Å². The number of aryl methyl sites for hydroxylation is 4. The molecular weight excluding hydrogens is 1410 g/mol. The van der Waals surface area contributed by atoms with E-state index in [1.165, 1.54) is 29.2 Å². The first kappa shape index (κ1) is 81.9. The molecule has 1 saturated heterocycles. The monoisotopic (exact) mass is 1500 g/mol. The van der Waals surface area contributed by atoms with Gasteiger partial charge in [-0.15, -0.1) is 0 Å². The number of fused-ring (bicyclic) bond motifs is 3. The van der Waals surface area contributed by atoms with Crippen LogP contribution in [0.5, 0.6) is 0 Å². The van der Waals surface area contributed by atoms with E-state index in [1.54, 1.807) is 25.5 Å². The molecule has 2 atom stereocenters. The highest BCUT2D eigenvalue weighted by atomic mass is 79.9. The number of rotatable bonds is 18.